The fourth-order valence-electron chi connectivity index (χ4n) is 2.28. The highest BCUT2D eigenvalue weighted by Crippen LogP contribution is 2.39. The minimum Gasteiger partial charge on any atom is -0.361 e. The van der Waals surface area contributed by atoms with Crippen molar-refractivity contribution in [1.29, 1.82) is 0 Å². The molecular formula is C15H20N6O. The summed E-state index contributed by atoms with van der Waals surface area (Å²) in [4.78, 5) is 22.3. The lowest BCUT2D eigenvalue weighted by Gasteiger charge is -2.10. The van der Waals surface area contributed by atoms with Gasteiger partial charge in [0.15, 0.2) is 0 Å². The molecule has 0 aromatic carbocycles. The minimum atomic E-state index is -0.281. The van der Waals surface area contributed by atoms with Gasteiger partial charge in [0.2, 0.25) is 0 Å². The summed E-state index contributed by atoms with van der Waals surface area (Å²) >= 11 is 0. The molecule has 2 aromatic rings. The van der Waals surface area contributed by atoms with Gasteiger partial charge in [-0.3, -0.25) is 9.48 Å². The van der Waals surface area contributed by atoms with Gasteiger partial charge in [-0.2, -0.15) is 5.10 Å². The predicted octanol–water partition coefficient (Wildman–Crippen LogP) is 1.96. The average molecular weight is 300 g/mol. The summed E-state index contributed by atoms with van der Waals surface area (Å²) < 4.78 is 1.91. The number of nitrogens with one attached hydrogen (secondary N) is 1. The van der Waals surface area contributed by atoms with Crippen LogP contribution in [0.15, 0.2) is 24.8 Å². The lowest BCUT2D eigenvalue weighted by atomic mass is 10.2. The second-order valence-electron chi connectivity index (χ2n) is 5.90. The fourth-order valence-corrected chi connectivity index (χ4v) is 2.28. The molecule has 7 nitrogen and oxygen atoms in total. The van der Waals surface area contributed by atoms with Gasteiger partial charge < -0.3 is 10.2 Å². The van der Waals surface area contributed by atoms with Gasteiger partial charge >= 0.3 is 0 Å². The van der Waals surface area contributed by atoms with Crippen molar-refractivity contribution in [2.24, 2.45) is 5.92 Å². The molecule has 1 fully saturated rings. The maximum absolute atomic E-state index is 12.2. The second-order valence-corrected chi connectivity index (χ2v) is 5.90. The maximum atomic E-state index is 12.2. The van der Waals surface area contributed by atoms with Crippen molar-refractivity contribution in [3.63, 3.8) is 0 Å². The van der Waals surface area contributed by atoms with E-state index >= 15 is 0 Å². The Morgan fingerprint density at radius 3 is 2.68 bits per heavy atom. The van der Waals surface area contributed by atoms with E-state index in [9.17, 15) is 4.79 Å². The number of nitrogens with zero attached hydrogens (tertiary/aromatic N) is 5. The number of carbonyl (C=O) groups excluding carboxylic acids is 1. The molecule has 1 N–H and O–H groups in total. The Morgan fingerprint density at radius 2 is 2.09 bits per heavy atom. The molecule has 0 bridgehead atoms. The number of carbonyl (C=O) groups is 1. The highest BCUT2D eigenvalue weighted by atomic mass is 16.1. The van der Waals surface area contributed by atoms with E-state index in [0.29, 0.717) is 23.5 Å². The molecule has 1 amide bonds. The lowest BCUT2D eigenvalue weighted by Crippen LogP contribution is -2.16. The van der Waals surface area contributed by atoms with Crippen molar-refractivity contribution in [3.8, 4) is 0 Å². The molecular weight excluding hydrogens is 280 g/mol. The molecule has 0 saturated heterocycles. The number of amides is 1. The van der Waals surface area contributed by atoms with Crippen LogP contribution in [0.3, 0.4) is 0 Å². The molecule has 1 saturated carbocycles. The number of hydrogen-bond acceptors (Lipinski definition) is 5. The largest absolute Gasteiger partial charge is 0.361 e. The van der Waals surface area contributed by atoms with Gasteiger partial charge in [0, 0.05) is 20.3 Å². The van der Waals surface area contributed by atoms with Crippen molar-refractivity contribution in [1.82, 2.24) is 19.7 Å². The molecule has 0 radical (unpaired) electrons. The lowest BCUT2D eigenvalue weighted by molar-refractivity contribution is 0.102. The van der Waals surface area contributed by atoms with Crippen LogP contribution in [0.4, 0.5) is 11.5 Å². The van der Waals surface area contributed by atoms with E-state index in [2.05, 4.69) is 27.3 Å². The highest BCUT2D eigenvalue weighted by Gasteiger charge is 2.29. The molecule has 2 aromatic heterocycles. The molecule has 0 spiro atoms. The van der Waals surface area contributed by atoms with E-state index in [1.54, 1.807) is 12.4 Å². The topological polar surface area (TPSA) is 75.9 Å². The van der Waals surface area contributed by atoms with Gasteiger partial charge in [-0.1, -0.05) is 0 Å². The SMILES string of the molecule is CC(C1CC1)n1cc(NC(=O)c2cnc(N(C)C)cn2)cn1. The van der Waals surface area contributed by atoms with Gasteiger partial charge in [0.25, 0.3) is 5.91 Å². The summed E-state index contributed by atoms with van der Waals surface area (Å²) in [5.74, 6) is 1.15. The summed E-state index contributed by atoms with van der Waals surface area (Å²) in [5, 5.41) is 7.12. The van der Waals surface area contributed by atoms with Crippen LogP contribution in [0.5, 0.6) is 0 Å². The Hall–Kier alpha value is -2.44. The van der Waals surface area contributed by atoms with Crippen LogP contribution in [0.2, 0.25) is 0 Å². The molecule has 1 unspecified atom stereocenters. The van der Waals surface area contributed by atoms with Crippen LogP contribution < -0.4 is 10.2 Å². The van der Waals surface area contributed by atoms with Gasteiger partial charge in [0.1, 0.15) is 11.5 Å². The van der Waals surface area contributed by atoms with Crippen LogP contribution in [0.25, 0.3) is 0 Å². The van der Waals surface area contributed by atoms with Gasteiger partial charge in [-0.05, 0) is 25.7 Å². The fraction of sp³-hybridized carbons (Fsp3) is 0.467. The van der Waals surface area contributed by atoms with Crippen molar-refractivity contribution in [2.45, 2.75) is 25.8 Å². The molecule has 7 heteroatoms. The van der Waals surface area contributed by atoms with Crippen LogP contribution in [-0.2, 0) is 0 Å². The summed E-state index contributed by atoms with van der Waals surface area (Å²) in [7, 11) is 3.75. The quantitative estimate of drug-likeness (QED) is 0.913. The van der Waals surface area contributed by atoms with Crippen LogP contribution >= 0.6 is 0 Å². The zero-order valence-corrected chi connectivity index (χ0v) is 13.0. The van der Waals surface area contributed by atoms with E-state index in [1.807, 2.05) is 29.9 Å². The van der Waals surface area contributed by atoms with Crippen LogP contribution in [0.1, 0.15) is 36.3 Å². The number of aromatic nitrogens is 4. The second kappa shape index (κ2) is 5.75. The summed E-state index contributed by atoms with van der Waals surface area (Å²) in [6.07, 6.45) is 9.10. The third kappa shape index (κ3) is 3.08. The maximum Gasteiger partial charge on any atom is 0.275 e. The molecule has 1 aliphatic carbocycles. The number of anilines is 2. The molecule has 2 heterocycles. The smallest absolute Gasteiger partial charge is 0.275 e. The number of rotatable bonds is 5. The van der Waals surface area contributed by atoms with Gasteiger partial charge in [0.05, 0.1) is 30.3 Å². The Balaban J connectivity index is 1.66. The third-order valence-electron chi connectivity index (χ3n) is 3.91. The van der Waals surface area contributed by atoms with E-state index < -0.39 is 0 Å². The first-order chi connectivity index (χ1) is 10.5. The normalized spacial score (nSPS) is 15.4. The van der Waals surface area contributed by atoms with Crippen LogP contribution in [0, 0.1) is 5.92 Å². The molecule has 3 rings (SSSR count). The van der Waals surface area contributed by atoms with Crippen molar-refractivity contribution < 1.29 is 4.79 Å². The number of hydrogen-bond donors (Lipinski definition) is 1. The predicted molar refractivity (Wildman–Crippen MR) is 84.0 cm³/mol. The third-order valence-corrected chi connectivity index (χ3v) is 3.91. The molecule has 1 aliphatic rings. The summed E-state index contributed by atoms with van der Waals surface area (Å²) in [6.45, 7) is 2.15. The van der Waals surface area contributed by atoms with Gasteiger partial charge in [-0.25, -0.2) is 9.97 Å². The Labute approximate surface area is 129 Å². The van der Waals surface area contributed by atoms with Crippen LogP contribution in [-0.4, -0.2) is 39.8 Å². The Kier molecular flexibility index (Phi) is 3.79. The standard InChI is InChI=1S/C15H20N6O/c1-10(11-4-5-11)21-9-12(6-18-21)19-15(22)13-7-17-14(8-16-13)20(2)3/h6-11H,4-5H2,1-3H3,(H,19,22). The first kappa shape index (κ1) is 14.5. The molecule has 22 heavy (non-hydrogen) atoms. The average Bonchev–Trinajstić information content (AvgIpc) is 3.26. The molecule has 1 atom stereocenters. The molecule has 116 valence electrons. The van der Waals surface area contributed by atoms with Gasteiger partial charge in [-0.15, -0.1) is 0 Å². The zero-order chi connectivity index (χ0) is 15.7. The first-order valence-electron chi connectivity index (χ1n) is 7.39. The minimum absolute atomic E-state index is 0.281. The highest BCUT2D eigenvalue weighted by molar-refractivity contribution is 6.02. The van der Waals surface area contributed by atoms with Crippen molar-refractivity contribution >= 4 is 17.4 Å². The Bertz CT molecular complexity index is 659. The monoisotopic (exact) mass is 300 g/mol. The van der Waals surface area contributed by atoms with Crippen molar-refractivity contribution in [3.05, 3.63) is 30.5 Å². The van der Waals surface area contributed by atoms with Crippen molar-refractivity contribution in [2.75, 3.05) is 24.3 Å². The van der Waals surface area contributed by atoms with E-state index in [4.69, 9.17) is 0 Å². The van der Waals surface area contributed by atoms with E-state index in [0.717, 1.165) is 0 Å². The summed E-state index contributed by atoms with van der Waals surface area (Å²) in [6, 6.07) is 0.379. The first-order valence-corrected chi connectivity index (χ1v) is 7.39. The zero-order valence-electron chi connectivity index (χ0n) is 13.0. The Morgan fingerprint density at radius 1 is 1.32 bits per heavy atom. The summed E-state index contributed by atoms with van der Waals surface area (Å²) in [5.41, 5.74) is 0.963. The molecule has 0 aliphatic heterocycles. The van der Waals surface area contributed by atoms with E-state index in [-0.39, 0.29) is 11.6 Å². The van der Waals surface area contributed by atoms with E-state index in [1.165, 1.54) is 19.0 Å².